The van der Waals surface area contributed by atoms with Crippen molar-refractivity contribution in [3.8, 4) is 5.75 Å². The number of phenols is 1. The van der Waals surface area contributed by atoms with Crippen molar-refractivity contribution in [3.05, 3.63) is 76.1 Å². The van der Waals surface area contributed by atoms with E-state index in [1.165, 1.54) is 24.5 Å². The van der Waals surface area contributed by atoms with Crippen molar-refractivity contribution in [2.45, 2.75) is 25.8 Å². The molecule has 2 aromatic carbocycles. The van der Waals surface area contributed by atoms with Gasteiger partial charge in [0, 0.05) is 24.1 Å². The number of aromatic hydroxyl groups is 1. The number of hydrogen-bond donors (Lipinski definition) is 1. The lowest BCUT2D eigenvalue weighted by molar-refractivity contribution is 0.177. The number of likely N-dealkylation sites (tertiary alicyclic amines) is 1. The molecule has 1 aliphatic heterocycles. The summed E-state index contributed by atoms with van der Waals surface area (Å²) in [7, 11) is 0. The van der Waals surface area contributed by atoms with Gasteiger partial charge in [-0.25, -0.2) is 4.79 Å². The van der Waals surface area contributed by atoms with Crippen LogP contribution in [0.25, 0.3) is 11.0 Å². The summed E-state index contributed by atoms with van der Waals surface area (Å²) in [5.41, 5.74) is 2.47. The normalized spacial score (nSPS) is 16.2. The third-order valence-electron chi connectivity index (χ3n) is 5.28. The Morgan fingerprint density at radius 1 is 1.04 bits per heavy atom. The predicted octanol–water partition coefficient (Wildman–Crippen LogP) is 3.95. The zero-order chi connectivity index (χ0) is 17.9. The van der Waals surface area contributed by atoms with Gasteiger partial charge in [0.15, 0.2) is 0 Å². The molecule has 26 heavy (non-hydrogen) atoms. The maximum atomic E-state index is 11.8. The van der Waals surface area contributed by atoms with Gasteiger partial charge in [0.1, 0.15) is 11.3 Å². The summed E-state index contributed by atoms with van der Waals surface area (Å²) in [5.74, 6) is 0.836. The molecule has 1 aliphatic rings. The smallest absolute Gasteiger partial charge is 0.336 e. The summed E-state index contributed by atoms with van der Waals surface area (Å²) >= 11 is 0. The third-order valence-corrected chi connectivity index (χ3v) is 5.28. The van der Waals surface area contributed by atoms with E-state index in [0.29, 0.717) is 5.58 Å². The van der Waals surface area contributed by atoms with Gasteiger partial charge in [-0.05, 0) is 61.5 Å². The van der Waals surface area contributed by atoms with E-state index >= 15 is 0 Å². The lowest BCUT2D eigenvalue weighted by Crippen LogP contribution is -2.34. The molecule has 0 atom stereocenters. The van der Waals surface area contributed by atoms with Crippen LogP contribution >= 0.6 is 0 Å². The molecular weight excluding hydrogens is 326 g/mol. The zero-order valence-corrected chi connectivity index (χ0v) is 14.7. The molecule has 0 radical (unpaired) electrons. The molecule has 134 valence electrons. The minimum absolute atomic E-state index is 0.111. The summed E-state index contributed by atoms with van der Waals surface area (Å²) in [5, 5.41) is 10.5. The fraction of sp³-hybridized carbons (Fsp3) is 0.318. The van der Waals surface area contributed by atoms with Crippen LogP contribution in [0.5, 0.6) is 5.75 Å². The lowest BCUT2D eigenvalue weighted by atomic mass is 9.90. The van der Waals surface area contributed by atoms with E-state index in [1.54, 1.807) is 12.1 Å². The molecule has 0 spiro atoms. The second kappa shape index (κ2) is 7.34. The van der Waals surface area contributed by atoms with Crippen LogP contribution in [0.15, 0.2) is 63.8 Å². The fourth-order valence-corrected chi connectivity index (χ4v) is 3.89. The highest BCUT2D eigenvalue weighted by Crippen LogP contribution is 2.26. The minimum Gasteiger partial charge on any atom is -0.508 e. The molecule has 4 heteroatoms. The SMILES string of the molecule is O=c1cc(CN2CCC(Cc3ccccc3)CC2)c2ccc(O)cc2o1. The Kier molecular flexibility index (Phi) is 4.76. The Morgan fingerprint density at radius 2 is 1.81 bits per heavy atom. The van der Waals surface area contributed by atoms with E-state index in [0.717, 1.165) is 42.9 Å². The van der Waals surface area contributed by atoms with Crippen molar-refractivity contribution in [1.82, 2.24) is 4.90 Å². The van der Waals surface area contributed by atoms with Crippen molar-refractivity contribution in [1.29, 1.82) is 0 Å². The lowest BCUT2D eigenvalue weighted by Gasteiger charge is -2.32. The Balaban J connectivity index is 1.43. The monoisotopic (exact) mass is 349 g/mol. The third kappa shape index (κ3) is 3.81. The van der Waals surface area contributed by atoms with Gasteiger partial charge in [-0.3, -0.25) is 4.90 Å². The van der Waals surface area contributed by atoms with Crippen LogP contribution in [-0.4, -0.2) is 23.1 Å². The Hall–Kier alpha value is -2.59. The molecule has 0 unspecified atom stereocenters. The first kappa shape index (κ1) is 16.9. The van der Waals surface area contributed by atoms with E-state index in [2.05, 4.69) is 35.2 Å². The van der Waals surface area contributed by atoms with Crippen LogP contribution in [-0.2, 0) is 13.0 Å². The van der Waals surface area contributed by atoms with E-state index in [1.807, 2.05) is 6.07 Å². The number of phenolic OH excluding ortho intramolecular Hbond substituents is 1. The quantitative estimate of drug-likeness (QED) is 0.725. The average Bonchev–Trinajstić information content (AvgIpc) is 2.64. The number of fused-ring (bicyclic) bond motifs is 1. The second-order valence-corrected chi connectivity index (χ2v) is 7.18. The number of piperidine rings is 1. The molecule has 0 saturated carbocycles. The second-order valence-electron chi connectivity index (χ2n) is 7.18. The van der Waals surface area contributed by atoms with Crippen LogP contribution in [0.4, 0.5) is 0 Å². The predicted molar refractivity (Wildman–Crippen MR) is 102 cm³/mol. The largest absolute Gasteiger partial charge is 0.508 e. The van der Waals surface area contributed by atoms with Crippen molar-refractivity contribution in [3.63, 3.8) is 0 Å². The van der Waals surface area contributed by atoms with Crippen LogP contribution in [0.3, 0.4) is 0 Å². The van der Waals surface area contributed by atoms with E-state index < -0.39 is 0 Å². The van der Waals surface area contributed by atoms with Gasteiger partial charge in [-0.1, -0.05) is 30.3 Å². The molecule has 3 aromatic rings. The Bertz CT molecular complexity index is 941. The Morgan fingerprint density at radius 3 is 2.58 bits per heavy atom. The first-order valence-electron chi connectivity index (χ1n) is 9.19. The molecule has 0 amide bonds. The first-order chi connectivity index (χ1) is 12.7. The molecule has 0 aliphatic carbocycles. The van der Waals surface area contributed by atoms with Crippen LogP contribution in [0.1, 0.15) is 24.0 Å². The van der Waals surface area contributed by atoms with E-state index in [-0.39, 0.29) is 11.4 Å². The summed E-state index contributed by atoms with van der Waals surface area (Å²) in [6, 6.07) is 17.2. The molecule has 1 fully saturated rings. The summed E-state index contributed by atoms with van der Waals surface area (Å²) in [6.07, 6.45) is 3.50. The minimum atomic E-state index is -0.364. The van der Waals surface area contributed by atoms with Crippen LogP contribution in [0, 0.1) is 5.92 Å². The van der Waals surface area contributed by atoms with Gasteiger partial charge < -0.3 is 9.52 Å². The number of nitrogens with zero attached hydrogens (tertiary/aromatic N) is 1. The van der Waals surface area contributed by atoms with Crippen LogP contribution < -0.4 is 5.63 Å². The summed E-state index contributed by atoms with van der Waals surface area (Å²) in [6.45, 7) is 2.82. The Labute approximate surface area is 152 Å². The maximum absolute atomic E-state index is 11.8. The fourth-order valence-electron chi connectivity index (χ4n) is 3.89. The van der Waals surface area contributed by atoms with Crippen molar-refractivity contribution in [2.75, 3.05) is 13.1 Å². The number of benzene rings is 2. The highest BCUT2D eigenvalue weighted by Gasteiger charge is 2.20. The van der Waals surface area contributed by atoms with Crippen molar-refractivity contribution < 1.29 is 9.52 Å². The topological polar surface area (TPSA) is 53.7 Å². The number of rotatable bonds is 4. The standard InChI is InChI=1S/C22H23NO3/c24-19-6-7-20-18(13-22(25)26-21(20)14-19)15-23-10-8-17(9-11-23)12-16-4-2-1-3-5-16/h1-7,13-14,17,24H,8-12,15H2. The van der Waals surface area contributed by atoms with Crippen molar-refractivity contribution >= 4 is 11.0 Å². The van der Waals surface area contributed by atoms with Gasteiger partial charge in [0.2, 0.25) is 0 Å². The summed E-state index contributed by atoms with van der Waals surface area (Å²) in [4.78, 5) is 14.3. The van der Waals surface area contributed by atoms with E-state index in [9.17, 15) is 9.90 Å². The average molecular weight is 349 g/mol. The van der Waals surface area contributed by atoms with Gasteiger partial charge >= 0.3 is 5.63 Å². The first-order valence-corrected chi connectivity index (χ1v) is 9.19. The summed E-state index contributed by atoms with van der Waals surface area (Å²) < 4.78 is 5.22. The highest BCUT2D eigenvalue weighted by molar-refractivity contribution is 5.81. The van der Waals surface area contributed by atoms with Crippen molar-refractivity contribution in [2.24, 2.45) is 5.92 Å². The highest BCUT2D eigenvalue weighted by atomic mass is 16.4. The number of hydrogen-bond acceptors (Lipinski definition) is 4. The molecule has 1 N–H and O–H groups in total. The maximum Gasteiger partial charge on any atom is 0.336 e. The molecular formula is C22H23NO3. The molecule has 4 rings (SSSR count). The molecule has 4 nitrogen and oxygen atoms in total. The molecule has 0 bridgehead atoms. The van der Waals surface area contributed by atoms with Gasteiger partial charge in [-0.15, -0.1) is 0 Å². The van der Waals surface area contributed by atoms with Gasteiger partial charge in [-0.2, -0.15) is 0 Å². The van der Waals surface area contributed by atoms with E-state index in [4.69, 9.17) is 4.42 Å². The molecule has 1 saturated heterocycles. The van der Waals surface area contributed by atoms with Gasteiger partial charge in [0.05, 0.1) is 0 Å². The molecule has 2 heterocycles. The molecule has 1 aromatic heterocycles. The van der Waals surface area contributed by atoms with Gasteiger partial charge in [0.25, 0.3) is 0 Å². The van der Waals surface area contributed by atoms with Crippen LogP contribution in [0.2, 0.25) is 0 Å². The zero-order valence-electron chi connectivity index (χ0n) is 14.7.